The normalized spacial score (nSPS) is 23.3. The molecule has 0 spiro atoms. The number of hydrogen-bond donors (Lipinski definition) is 2. The molecule has 0 aliphatic carbocycles. The van der Waals surface area contributed by atoms with Crippen LogP contribution in [0.2, 0.25) is 0 Å². The second-order valence-electron chi connectivity index (χ2n) is 14.2. The maximum atomic E-state index is 14.6. The zero-order valence-corrected chi connectivity index (χ0v) is 28.6. The number of fused-ring (bicyclic) bond motifs is 3. The highest BCUT2D eigenvalue weighted by atomic mass is 32.2. The van der Waals surface area contributed by atoms with Gasteiger partial charge >= 0.3 is 12.2 Å². The number of ether oxygens (including phenoxy) is 3. The highest BCUT2D eigenvalue weighted by molar-refractivity contribution is 7.94. The summed E-state index contributed by atoms with van der Waals surface area (Å²) in [6, 6.07) is 7.42. The van der Waals surface area contributed by atoms with Crippen LogP contribution in [0.1, 0.15) is 91.7 Å². The molecule has 14 heteroatoms. The molecule has 3 heterocycles. The molecule has 1 aromatic carbocycles. The second-order valence-corrected chi connectivity index (χ2v) is 16.8. The number of anilines is 1. The number of rotatable bonds is 2. The number of imide groups is 1. The minimum atomic E-state index is -4.24. The van der Waals surface area contributed by atoms with Crippen molar-refractivity contribution in [1.29, 1.82) is 0 Å². The van der Waals surface area contributed by atoms with Crippen molar-refractivity contribution in [3.05, 3.63) is 47.8 Å². The molecule has 46 heavy (non-hydrogen) atoms. The van der Waals surface area contributed by atoms with Crippen LogP contribution in [0.15, 0.2) is 41.5 Å². The van der Waals surface area contributed by atoms with Crippen LogP contribution >= 0.6 is 0 Å². The molecule has 2 aliphatic rings. The molecule has 2 aromatic rings. The van der Waals surface area contributed by atoms with Gasteiger partial charge in [-0.2, -0.15) is 4.90 Å². The number of amides is 3. The highest BCUT2D eigenvalue weighted by Gasteiger charge is 2.61. The Hall–Kier alpha value is -4.20. The zero-order valence-electron chi connectivity index (χ0n) is 27.8. The summed E-state index contributed by atoms with van der Waals surface area (Å²) < 4.78 is 44.7. The first-order valence-corrected chi connectivity index (χ1v) is 16.4. The van der Waals surface area contributed by atoms with Crippen LogP contribution in [0, 0.1) is 0 Å². The van der Waals surface area contributed by atoms with E-state index < -0.39 is 60.8 Å². The topological polar surface area (TPSA) is 174 Å². The average Bonchev–Trinajstić information content (AvgIpc) is 3.00. The molecule has 0 saturated heterocycles. The maximum Gasteiger partial charge on any atom is 0.425 e. The van der Waals surface area contributed by atoms with Gasteiger partial charge in [-0.05, 0) is 99.6 Å². The van der Waals surface area contributed by atoms with Crippen molar-refractivity contribution in [1.82, 2.24) is 9.88 Å². The van der Waals surface area contributed by atoms with Gasteiger partial charge in [-0.1, -0.05) is 0 Å². The Morgan fingerprint density at radius 1 is 1.00 bits per heavy atom. The number of nitrogens with one attached hydrogen (secondary N) is 1. The van der Waals surface area contributed by atoms with E-state index in [1.165, 1.54) is 26.0 Å². The van der Waals surface area contributed by atoms with E-state index >= 15 is 0 Å². The number of pyridine rings is 1. The van der Waals surface area contributed by atoms with Crippen molar-refractivity contribution < 1.29 is 42.1 Å². The molecular formula is C32H42N4O9S. The fourth-order valence-corrected chi connectivity index (χ4v) is 7.78. The Bertz CT molecular complexity index is 1660. The van der Waals surface area contributed by atoms with Gasteiger partial charge in [-0.25, -0.2) is 23.0 Å². The van der Waals surface area contributed by atoms with E-state index in [0.717, 1.165) is 6.20 Å². The van der Waals surface area contributed by atoms with Crippen molar-refractivity contribution in [2.75, 3.05) is 5.32 Å². The molecule has 250 valence electrons. The summed E-state index contributed by atoms with van der Waals surface area (Å²) in [5.41, 5.74) is -3.06. The number of sulfone groups is 1. The molecule has 0 unspecified atom stereocenters. The SMILES string of the molecule is C[C@H]1C[C@@H]2[C@](C)(N=C(N(C(=O)OC(C)(C)C)C(=O)OC(C)(C)C)C(C)(C)S2(=O)=O)c2cc(NC(=O)c3ccc(O)cn3)ccc2O1. The predicted molar refractivity (Wildman–Crippen MR) is 171 cm³/mol. The van der Waals surface area contributed by atoms with E-state index in [2.05, 4.69) is 10.3 Å². The largest absolute Gasteiger partial charge is 0.506 e. The number of aliphatic imine (C=N–C) groups is 1. The minimum absolute atomic E-state index is 0.0365. The van der Waals surface area contributed by atoms with Gasteiger partial charge < -0.3 is 24.6 Å². The van der Waals surface area contributed by atoms with E-state index in [1.807, 2.05) is 0 Å². The molecule has 2 aliphatic heterocycles. The van der Waals surface area contributed by atoms with E-state index in [-0.39, 0.29) is 29.4 Å². The van der Waals surface area contributed by atoms with Gasteiger partial charge in [-0.15, -0.1) is 0 Å². The Morgan fingerprint density at radius 2 is 1.59 bits per heavy atom. The van der Waals surface area contributed by atoms with Crippen LogP contribution < -0.4 is 10.1 Å². The van der Waals surface area contributed by atoms with Crippen LogP contribution in [-0.2, 0) is 24.8 Å². The van der Waals surface area contributed by atoms with Crippen LogP contribution in [0.4, 0.5) is 15.3 Å². The molecule has 3 atom stereocenters. The maximum absolute atomic E-state index is 14.6. The summed E-state index contributed by atoms with van der Waals surface area (Å²) in [6.45, 7) is 15.8. The first-order valence-electron chi connectivity index (χ1n) is 14.8. The molecule has 0 bridgehead atoms. The van der Waals surface area contributed by atoms with Gasteiger partial charge in [0, 0.05) is 17.7 Å². The summed E-state index contributed by atoms with van der Waals surface area (Å²) >= 11 is 0. The first kappa shape index (κ1) is 34.7. The third-order valence-corrected chi connectivity index (χ3v) is 10.6. The van der Waals surface area contributed by atoms with Crippen LogP contribution in [0.3, 0.4) is 0 Å². The quantitative estimate of drug-likeness (QED) is 0.415. The Labute approximate surface area is 269 Å². The lowest BCUT2D eigenvalue weighted by molar-refractivity contribution is 0.0138. The Balaban J connectivity index is 1.94. The number of carbonyl (C=O) groups excluding carboxylic acids is 3. The number of amidine groups is 1. The Kier molecular flexibility index (Phi) is 8.71. The van der Waals surface area contributed by atoms with Gasteiger partial charge in [0.05, 0.1) is 17.6 Å². The van der Waals surface area contributed by atoms with Crippen LogP contribution in [0.25, 0.3) is 0 Å². The summed E-state index contributed by atoms with van der Waals surface area (Å²) in [5.74, 6) is -0.740. The zero-order chi connectivity index (χ0) is 34.6. The van der Waals surface area contributed by atoms with Gasteiger partial charge in [0.2, 0.25) is 0 Å². The van der Waals surface area contributed by atoms with Gasteiger partial charge in [-0.3, -0.25) is 9.79 Å². The summed E-state index contributed by atoms with van der Waals surface area (Å²) in [5, 5.41) is 11.1. The van der Waals surface area contributed by atoms with E-state index in [4.69, 9.17) is 19.2 Å². The number of nitrogens with zero attached hydrogens (tertiary/aromatic N) is 3. The third-order valence-electron chi connectivity index (χ3n) is 7.59. The van der Waals surface area contributed by atoms with E-state index in [1.54, 1.807) is 73.6 Å². The molecule has 2 N–H and O–H groups in total. The lowest BCUT2D eigenvalue weighted by Gasteiger charge is -2.46. The van der Waals surface area contributed by atoms with Crippen LogP contribution in [-0.4, -0.2) is 74.6 Å². The fraction of sp³-hybridized carbons (Fsp3) is 0.531. The fourth-order valence-electron chi connectivity index (χ4n) is 5.37. The predicted octanol–water partition coefficient (Wildman–Crippen LogP) is 5.57. The van der Waals surface area contributed by atoms with Crippen molar-refractivity contribution >= 4 is 39.5 Å². The van der Waals surface area contributed by atoms with Gasteiger partial charge in [0.15, 0.2) is 9.84 Å². The molecule has 3 amide bonds. The number of carbonyl (C=O) groups is 3. The molecule has 0 radical (unpaired) electrons. The van der Waals surface area contributed by atoms with E-state index in [9.17, 15) is 27.9 Å². The number of hydrogen-bond acceptors (Lipinski definition) is 11. The third kappa shape index (κ3) is 6.67. The summed E-state index contributed by atoms with van der Waals surface area (Å²) in [4.78, 5) is 49.8. The monoisotopic (exact) mass is 658 g/mol. The lowest BCUT2D eigenvalue weighted by Crippen LogP contribution is -2.64. The van der Waals surface area contributed by atoms with Crippen molar-refractivity contribution in [3.8, 4) is 11.5 Å². The lowest BCUT2D eigenvalue weighted by atomic mass is 9.85. The molecule has 0 fully saturated rings. The number of benzene rings is 1. The molecule has 13 nitrogen and oxygen atoms in total. The van der Waals surface area contributed by atoms with Gasteiger partial charge in [0.25, 0.3) is 5.91 Å². The van der Waals surface area contributed by atoms with Crippen molar-refractivity contribution in [2.24, 2.45) is 4.99 Å². The molecule has 1 aromatic heterocycles. The van der Waals surface area contributed by atoms with Crippen molar-refractivity contribution in [2.45, 2.75) is 109 Å². The Morgan fingerprint density at radius 3 is 2.11 bits per heavy atom. The molecule has 4 rings (SSSR count). The standard InChI is InChI=1S/C32H42N4O9S/c1-18-15-24-32(10,21-16-19(11-14-23(21)43-18)34-25(38)22-13-12-20(37)17-33-22)35-26(31(8,9)46(24,41)42)36(27(39)44-29(2,3)4)28(40)45-30(5,6)7/h11-14,16-18,24,37H,15H2,1-10H3,(H,34,38)/t18-,24+,32+/m0/s1. The first-order chi connectivity index (χ1) is 21.0. The van der Waals surface area contributed by atoms with Crippen molar-refractivity contribution in [3.63, 3.8) is 0 Å². The van der Waals surface area contributed by atoms with Crippen LogP contribution in [0.5, 0.6) is 11.5 Å². The number of aromatic hydroxyl groups is 1. The summed E-state index contributed by atoms with van der Waals surface area (Å²) in [6.07, 6.45) is -1.66. The minimum Gasteiger partial charge on any atom is -0.506 e. The smallest absolute Gasteiger partial charge is 0.425 e. The molecular weight excluding hydrogens is 616 g/mol. The summed E-state index contributed by atoms with van der Waals surface area (Å²) in [7, 11) is -4.24. The average molecular weight is 659 g/mol. The second kappa shape index (κ2) is 11.6. The highest BCUT2D eigenvalue weighted by Crippen LogP contribution is 2.50. The van der Waals surface area contributed by atoms with E-state index in [0.29, 0.717) is 16.2 Å². The molecule has 0 saturated carbocycles. The van der Waals surface area contributed by atoms with Gasteiger partial charge in [0.1, 0.15) is 44.5 Å². The number of aromatic nitrogens is 1.